The zero-order valence-electron chi connectivity index (χ0n) is 9.72. The smallest absolute Gasteiger partial charge is 0.253 e. The van der Waals surface area contributed by atoms with Crippen molar-refractivity contribution in [3.8, 4) is 0 Å². The topological polar surface area (TPSA) is 29.1 Å². The molecule has 1 saturated carbocycles. The van der Waals surface area contributed by atoms with Gasteiger partial charge in [-0.15, -0.1) is 11.3 Å². The van der Waals surface area contributed by atoms with Crippen LogP contribution in [0.3, 0.4) is 0 Å². The summed E-state index contributed by atoms with van der Waals surface area (Å²) < 4.78 is 1.01. The fourth-order valence-corrected chi connectivity index (χ4v) is 4.56. The summed E-state index contributed by atoms with van der Waals surface area (Å²) in [7, 11) is 0. The minimum Gasteiger partial charge on any atom is -0.349 e. The van der Waals surface area contributed by atoms with Gasteiger partial charge in [-0.05, 0) is 24.8 Å². The Bertz CT molecular complexity index is 438. The average molecular weight is 371 g/mol. The molecule has 0 bridgehead atoms. The number of nitrogens with one attached hydrogen (secondary N) is 1. The highest BCUT2D eigenvalue weighted by molar-refractivity contribution is 9.09. The van der Waals surface area contributed by atoms with Crippen LogP contribution >= 0.6 is 50.5 Å². The molecule has 0 spiro atoms. The van der Waals surface area contributed by atoms with Gasteiger partial charge in [0.05, 0.1) is 9.90 Å². The van der Waals surface area contributed by atoms with Crippen LogP contribution in [0.1, 0.15) is 36.0 Å². The van der Waals surface area contributed by atoms with E-state index in [1.54, 1.807) is 6.07 Å². The summed E-state index contributed by atoms with van der Waals surface area (Å²) in [6.45, 7) is 0. The fraction of sp³-hybridized carbons (Fsp3) is 0.583. The highest BCUT2D eigenvalue weighted by Gasteiger charge is 2.26. The average Bonchev–Trinajstić information content (AvgIpc) is 2.69. The zero-order chi connectivity index (χ0) is 13.1. The van der Waals surface area contributed by atoms with Gasteiger partial charge in [0.2, 0.25) is 0 Å². The summed E-state index contributed by atoms with van der Waals surface area (Å²) in [5.74, 6) is 0.400. The molecular formula is C12H14BrCl2NOS. The van der Waals surface area contributed by atoms with Crippen molar-refractivity contribution in [3.63, 3.8) is 0 Å². The van der Waals surface area contributed by atoms with Crippen LogP contribution < -0.4 is 5.32 Å². The summed E-state index contributed by atoms with van der Waals surface area (Å²) in [5.41, 5.74) is 0.491. The van der Waals surface area contributed by atoms with E-state index in [1.807, 2.05) is 0 Å². The van der Waals surface area contributed by atoms with Crippen LogP contribution in [-0.4, -0.2) is 17.3 Å². The minimum absolute atomic E-state index is 0.110. The molecule has 1 amide bonds. The molecule has 6 heteroatoms. The molecule has 2 rings (SSSR count). The summed E-state index contributed by atoms with van der Waals surface area (Å²) >= 11 is 16.6. The Morgan fingerprint density at radius 3 is 2.78 bits per heavy atom. The van der Waals surface area contributed by atoms with Gasteiger partial charge in [0.15, 0.2) is 0 Å². The summed E-state index contributed by atoms with van der Waals surface area (Å²) in [5, 5.41) is 4.01. The van der Waals surface area contributed by atoms with Gasteiger partial charge in [0.25, 0.3) is 5.91 Å². The molecule has 1 aliphatic rings. The monoisotopic (exact) mass is 369 g/mol. The van der Waals surface area contributed by atoms with Crippen molar-refractivity contribution >= 4 is 56.4 Å². The Morgan fingerprint density at radius 2 is 2.17 bits per heavy atom. The molecule has 2 unspecified atom stereocenters. The second kappa shape index (κ2) is 6.60. The molecule has 2 atom stereocenters. The van der Waals surface area contributed by atoms with Gasteiger partial charge in [0, 0.05) is 11.4 Å². The molecule has 2 nitrogen and oxygen atoms in total. The van der Waals surface area contributed by atoms with Crippen molar-refractivity contribution in [2.75, 3.05) is 5.33 Å². The number of halogens is 3. The van der Waals surface area contributed by atoms with E-state index in [1.165, 1.54) is 24.2 Å². The fourth-order valence-electron chi connectivity index (χ4n) is 2.32. The third kappa shape index (κ3) is 3.41. The van der Waals surface area contributed by atoms with Gasteiger partial charge in [-0.2, -0.15) is 0 Å². The van der Waals surface area contributed by atoms with Crippen molar-refractivity contribution in [2.45, 2.75) is 31.7 Å². The quantitative estimate of drug-likeness (QED) is 0.765. The van der Waals surface area contributed by atoms with Crippen LogP contribution in [-0.2, 0) is 0 Å². The normalized spacial score (nSPS) is 23.9. The summed E-state index contributed by atoms with van der Waals surface area (Å²) in [6.07, 6.45) is 4.62. The van der Waals surface area contributed by atoms with E-state index in [4.69, 9.17) is 23.2 Å². The third-order valence-corrected chi connectivity index (χ3v) is 5.64. The standard InChI is InChI=1S/C12H14BrCl2NOS/c13-6-7-3-1-2-4-9(7)16-12(17)8-5-10(14)18-11(8)15/h5,7,9H,1-4,6H2,(H,16,17). The Labute approximate surface area is 129 Å². The first-order chi connectivity index (χ1) is 8.61. The molecule has 1 aromatic rings. The van der Waals surface area contributed by atoms with E-state index < -0.39 is 0 Å². The lowest BCUT2D eigenvalue weighted by molar-refractivity contribution is 0.0912. The van der Waals surface area contributed by atoms with Gasteiger partial charge >= 0.3 is 0 Å². The second-order valence-electron chi connectivity index (χ2n) is 4.52. The van der Waals surface area contributed by atoms with Gasteiger partial charge in [-0.25, -0.2) is 0 Å². The number of hydrogen-bond donors (Lipinski definition) is 1. The SMILES string of the molecule is O=C(NC1CCCCC1CBr)c1cc(Cl)sc1Cl. The van der Waals surface area contributed by atoms with Crippen molar-refractivity contribution in [1.29, 1.82) is 0 Å². The van der Waals surface area contributed by atoms with E-state index >= 15 is 0 Å². The molecule has 18 heavy (non-hydrogen) atoms. The van der Waals surface area contributed by atoms with Crippen molar-refractivity contribution in [3.05, 3.63) is 20.3 Å². The Balaban J connectivity index is 2.04. The molecule has 1 heterocycles. The van der Waals surface area contributed by atoms with Gasteiger partial charge < -0.3 is 5.32 Å². The highest BCUT2D eigenvalue weighted by Crippen LogP contribution is 2.32. The van der Waals surface area contributed by atoms with E-state index in [0.29, 0.717) is 20.2 Å². The lowest BCUT2D eigenvalue weighted by Gasteiger charge is -2.30. The van der Waals surface area contributed by atoms with Crippen LogP contribution in [0.15, 0.2) is 6.07 Å². The van der Waals surface area contributed by atoms with Crippen LogP contribution in [0.4, 0.5) is 0 Å². The maximum absolute atomic E-state index is 12.1. The molecule has 0 saturated heterocycles. The molecule has 1 N–H and O–H groups in total. The largest absolute Gasteiger partial charge is 0.349 e. The van der Waals surface area contributed by atoms with Gasteiger partial charge in [-0.3, -0.25) is 4.79 Å². The number of carbonyl (C=O) groups is 1. The molecule has 0 aliphatic heterocycles. The highest BCUT2D eigenvalue weighted by atomic mass is 79.9. The van der Waals surface area contributed by atoms with E-state index in [0.717, 1.165) is 18.2 Å². The Morgan fingerprint density at radius 1 is 1.44 bits per heavy atom. The minimum atomic E-state index is -0.110. The maximum atomic E-state index is 12.1. The van der Waals surface area contributed by atoms with E-state index in [9.17, 15) is 4.79 Å². The number of alkyl halides is 1. The second-order valence-corrected chi connectivity index (χ2v) is 7.45. The first-order valence-corrected chi connectivity index (χ1v) is 8.63. The van der Waals surface area contributed by atoms with Crippen LogP contribution in [0, 0.1) is 5.92 Å². The van der Waals surface area contributed by atoms with Crippen LogP contribution in [0.2, 0.25) is 8.67 Å². The van der Waals surface area contributed by atoms with Crippen molar-refractivity contribution in [2.24, 2.45) is 5.92 Å². The molecule has 1 fully saturated rings. The number of amides is 1. The summed E-state index contributed by atoms with van der Waals surface area (Å²) in [6, 6.07) is 1.87. The predicted octanol–water partition coefficient (Wildman–Crippen LogP) is 4.74. The summed E-state index contributed by atoms with van der Waals surface area (Å²) in [4.78, 5) is 12.1. The first-order valence-electron chi connectivity index (χ1n) is 5.93. The molecule has 0 radical (unpaired) electrons. The lowest BCUT2D eigenvalue weighted by Crippen LogP contribution is -2.42. The van der Waals surface area contributed by atoms with Crippen molar-refractivity contribution in [1.82, 2.24) is 5.32 Å². The molecule has 1 aliphatic carbocycles. The number of hydrogen-bond acceptors (Lipinski definition) is 2. The Hall–Kier alpha value is 0.230. The van der Waals surface area contributed by atoms with Crippen molar-refractivity contribution < 1.29 is 4.79 Å². The number of carbonyl (C=O) groups excluding carboxylic acids is 1. The lowest BCUT2D eigenvalue weighted by atomic mass is 9.86. The van der Waals surface area contributed by atoms with E-state index in [2.05, 4.69) is 21.2 Å². The molecular weight excluding hydrogens is 357 g/mol. The Kier molecular flexibility index (Phi) is 5.36. The van der Waals surface area contributed by atoms with Crippen LogP contribution in [0.5, 0.6) is 0 Å². The van der Waals surface area contributed by atoms with Crippen LogP contribution in [0.25, 0.3) is 0 Å². The number of thiophene rings is 1. The van der Waals surface area contributed by atoms with Gasteiger partial charge in [-0.1, -0.05) is 52.0 Å². The molecule has 1 aromatic heterocycles. The van der Waals surface area contributed by atoms with Gasteiger partial charge in [0.1, 0.15) is 4.34 Å². The third-order valence-electron chi connectivity index (χ3n) is 3.33. The molecule has 100 valence electrons. The van der Waals surface area contributed by atoms with E-state index in [-0.39, 0.29) is 11.9 Å². The molecule has 0 aromatic carbocycles. The number of rotatable bonds is 3. The maximum Gasteiger partial charge on any atom is 0.253 e. The predicted molar refractivity (Wildman–Crippen MR) is 81.3 cm³/mol. The zero-order valence-corrected chi connectivity index (χ0v) is 13.6. The first kappa shape index (κ1) is 14.6.